The fourth-order valence-corrected chi connectivity index (χ4v) is 1.28. The molecule has 0 radical (unpaired) electrons. The predicted molar refractivity (Wildman–Crippen MR) is 78.7 cm³/mol. The zero-order chi connectivity index (χ0) is 11.8. The number of rotatable bonds is 6. The lowest BCUT2D eigenvalue weighted by atomic mass is 10.3. The van der Waals surface area contributed by atoms with Crippen molar-refractivity contribution in [2.75, 3.05) is 26.8 Å². The zero-order valence-corrected chi connectivity index (χ0v) is 12.5. The summed E-state index contributed by atoms with van der Waals surface area (Å²) < 4.78 is 6.72. The Morgan fingerprint density at radius 1 is 1.65 bits per heavy atom. The molecule has 0 atom stereocenters. The molecule has 0 aliphatic carbocycles. The minimum atomic E-state index is 0. The number of methoxy groups -OCH3 is 1. The van der Waals surface area contributed by atoms with E-state index in [2.05, 4.69) is 15.4 Å². The lowest BCUT2D eigenvalue weighted by molar-refractivity contribution is 0.208. The molecule has 0 saturated carbocycles. The van der Waals surface area contributed by atoms with Crippen LogP contribution in [0.4, 0.5) is 0 Å². The average Bonchev–Trinajstić information content (AvgIpc) is 2.65. The van der Waals surface area contributed by atoms with Crippen LogP contribution in [0.15, 0.2) is 17.3 Å². The van der Waals surface area contributed by atoms with Crippen molar-refractivity contribution in [2.24, 2.45) is 17.8 Å². The van der Waals surface area contributed by atoms with E-state index in [-0.39, 0.29) is 24.0 Å². The summed E-state index contributed by atoms with van der Waals surface area (Å²) in [6.45, 7) is 1.92. The molecule has 0 spiro atoms. The first-order valence-corrected chi connectivity index (χ1v) is 5.23. The molecule has 0 aliphatic rings. The van der Waals surface area contributed by atoms with E-state index in [9.17, 15) is 0 Å². The maximum absolute atomic E-state index is 5.65. The molecule has 7 heteroatoms. The average molecular weight is 353 g/mol. The number of nitrogens with one attached hydrogen (secondary N) is 1. The Morgan fingerprint density at radius 2 is 2.41 bits per heavy atom. The van der Waals surface area contributed by atoms with Crippen LogP contribution in [-0.2, 0) is 18.2 Å². The largest absolute Gasteiger partial charge is 0.383 e. The number of halogens is 1. The highest BCUT2D eigenvalue weighted by atomic mass is 127. The van der Waals surface area contributed by atoms with Gasteiger partial charge in [-0.3, -0.25) is 9.67 Å². The minimum absolute atomic E-state index is 0. The highest BCUT2D eigenvalue weighted by Crippen LogP contribution is 1.95. The Balaban J connectivity index is 0.00000256. The standard InChI is InChI=1S/C10H19N5O.HI/c1-15-9(4-6-14-15)3-5-12-10(11)13-7-8-16-2;/h4,6H,3,5,7-8H2,1-2H3,(H3,11,12,13);1H. The second kappa shape index (κ2) is 9.23. The van der Waals surface area contributed by atoms with Crippen molar-refractivity contribution in [3.63, 3.8) is 0 Å². The van der Waals surface area contributed by atoms with Gasteiger partial charge in [0, 0.05) is 39.0 Å². The van der Waals surface area contributed by atoms with Gasteiger partial charge in [-0.2, -0.15) is 5.10 Å². The van der Waals surface area contributed by atoms with Gasteiger partial charge in [0.2, 0.25) is 0 Å². The van der Waals surface area contributed by atoms with Crippen LogP contribution in [0.3, 0.4) is 0 Å². The molecule has 0 unspecified atom stereocenters. The van der Waals surface area contributed by atoms with E-state index in [1.165, 1.54) is 0 Å². The van der Waals surface area contributed by atoms with Crippen molar-refractivity contribution in [3.05, 3.63) is 18.0 Å². The number of ether oxygens (including phenoxy) is 1. The van der Waals surface area contributed by atoms with Gasteiger partial charge in [-0.1, -0.05) is 0 Å². The zero-order valence-electron chi connectivity index (χ0n) is 10.2. The van der Waals surface area contributed by atoms with Gasteiger partial charge in [0.05, 0.1) is 13.2 Å². The van der Waals surface area contributed by atoms with Crippen LogP contribution in [0.5, 0.6) is 0 Å². The molecule has 98 valence electrons. The van der Waals surface area contributed by atoms with Crippen molar-refractivity contribution >= 4 is 29.9 Å². The van der Waals surface area contributed by atoms with E-state index in [1.807, 2.05) is 17.8 Å². The van der Waals surface area contributed by atoms with E-state index >= 15 is 0 Å². The summed E-state index contributed by atoms with van der Waals surface area (Å²) in [7, 11) is 3.56. The summed E-state index contributed by atoms with van der Waals surface area (Å²) in [6, 6.07) is 1.99. The van der Waals surface area contributed by atoms with E-state index < -0.39 is 0 Å². The smallest absolute Gasteiger partial charge is 0.188 e. The van der Waals surface area contributed by atoms with E-state index in [1.54, 1.807) is 13.3 Å². The van der Waals surface area contributed by atoms with Crippen LogP contribution in [0, 0.1) is 0 Å². The molecule has 1 aromatic rings. The van der Waals surface area contributed by atoms with Gasteiger partial charge in [-0.15, -0.1) is 24.0 Å². The molecule has 0 amide bonds. The Hall–Kier alpha value is -0.830. The number of guanidine groups is 1. The number of nitrogens with two attached hydrogens (primary N) is 1. The molecule has 1 aromatic heterocycles. The molecule has 1 heterocycles. The van der Waals surface area contributed by atoms with Crippen LogP contribution >= 0.6 is 24.0 Å². The summed E-state index contributed by atoms with van der Waals surface area (Å²) in [5.74, 6) is 0.458. The van der Waals surface area contributed by atoms with Crippen LogP contribution in [0.2, 0.25) is 0 Å². The van der Waals surface area contributed by atoms with Gasteiger partial charge >= 0.3 is 0 Å². The van der Waals surface area contributed by atoms with Crippen LogP contribution in [0.1, 0.15) is 5.69 Å². The van der Waals surface area contributed by atoms with E-state index in [0.717, 1.165) is 18.7 Å². The lowest BCUT2D eigenvalue weighted by Crippen LogP contribution is -2.33. The van der Waals surface area contributed by atoms with E-state index in [4.69, 9.17) is 10.5 Å². The molecule has 0 saturated heterocycles. The maximum Gasteiger partial charge on any atom is 0.188 e. The van der Waals surface area contributed by atoms with Crippen LogP contribution in [-0.4, -0.2) is 42.5 Å². The molecular weight excluding hydrogens is 333 g/mol. The predicted octanol–water partition coefficient (Wildman–Crippen LogP) is 0.131. The van der Waals surface area contributed by atoms with Gasteiger partial charge in [-0.05, 0) is 6.07 Å². The first kappa shape index (κ1) is 16.2. The quantitative estimate of drug-likeness (QED) is 0.330. The fraction of sp³-hybridized carbons (Fsp3) is 0.600. The summed E-state index contributed by atoms with van der Waals surface area (Å²) >= 11 is 0. The van der Waals surface area contributed by atoms with Crippen molar-refractivity contribution in [2.45, 2.75) is 6.42 Å². The van der Waals surface area contributed by atoms with Crippen molar-refractivity contribution in [1.29, 1.82) is 0 Å². The molecule has 6 nitrogen and oxygen atoms in total. The summed E-state index contributed by atoms with van der Waals surface area (Å²) in [4.78, 5) is 4.09. The number of aryl methyl sites for hydroxylation is 1. The van der Waals surface area contributed by atoms with Crippen LogP contribution < -0.4 is 11.1 Å². The Bertz CT molecular complexity index is 339. The normalized spacial score (nSPS) is 11.1. The molecule has 1 rings (SSSR count). The number of hydrogen-bond acceptors (Lipinski definition) is 3. The number of nitrogens with zero attached hydrogens (tertiary/aromatic N) is 3. The monoisotopic (exact) mass is 353 g/mol. The summed E-state index contributed by atoms with van der Waals surface area (Å²) in [5.41, 5.74) is 6.82. The summed E-state index contributed by atoms with van der Waals surface area (Å²) in [5, 5.41) is 7.12. The third-order valence-corrected chi connectivity index (χ3v) is 2.19. The lowest BCUT2D eigenvalue weighted by Gasteiger charge is -2.05. The molecule has 0 aromatic carbocycles. The Morgan fingerprint density at radius 3 is 3.00 bits per heavy atom. The van der Waals surface area contributed by atoms with Gasteiger partial charge in [0.1, 0.15) is 0 Å². The number of hydrogen-bond donors (Lipinski definition) is 2. The molecule has 0 fully saturated rings. The molecule has 3 N–H and O–H groups in total. The highest BCUT2D eigenvalue weighted by Gasteiger charge is 1.98. The van der Waals surface area contributed by atoms with Crippen molar-refractivity contribution in [1.82, 2.24) is 15.1 Å². The molecule has 0 aliphatic heterocycles. The second-order valence-corrected chi connectivity index (χ2v) is 3.38. The van der Waals surface area contributed by atoms with Crippen LogP contribution in [0.25, 0.3) is 0 Å². The van der Waals surface area contributed by atoms with Gasteiger partial charge in [0.25, 0.3) is 0 Å². The molecule has 0 bridgehead atoms. The molecule has 17 heavy (non-hydrogen) atoms. The van der Waals surface area contributed by atoms with Gasteiger partial charge in [0.15, 0.2) is 5.96 Å². The highest BCUT2D eigenvalue weighted by molar-refractivity contribution is 14.0. The minimum Gasteiger partial charge on any atom is -0.383 e. The first-order chi connectivity index (χ1) is 7.74. The third-order valence-electron chi connectivity index (χ3n) is 2.19. The Kier molecular flexibility index (Phi) is 8.78. The SMILES string of the molecule is COCCN=C(N)NCCc1ccnn1C.I. The Labute approximate surface area is 119 Å². The third kappa shape index (κ3) is 6.47. The van der Waals surface area contributed by atoms with Crippen molar-refractivity contribution in [3.8, 4) is 0 Å². The first-order valence-electron chi connectivity index (χ1n) is 5.23. The topological polar surface area (TPSA) is 77.5 Å². The van der Waals surface area contributed by atoms with Gasteiger partial charge in [-0.25, -0.2) is 0 Å². The second-order valence-electron chi connectivity index (χ2n) is 3.38. The maximum atomic E-state index is 5.65. The number of aromatic nitrogens is 2. The van der Waals surface area contributed by atoms with E-state index in [0.29, 0.717) is 19.1 Å². The summed E-state index contributed by atoms with van der Waals surface area (Å²) in [6.07, 6.45) is 2.66. The molecular formula is C10H20IN5O. The fourth-order valence-electron chi connectivity index (χ4n) is 1.28. The van der Waals surface area contributed by atoms with Crippen molar-refractivity contribution < 1.29 is 4.74 Å². The number of aliphatic imine (C=N–C) groups is 1. The van der Waals surface area contributed by atoms with Gasteiger partial charge < -0.3 is 15.8 Å².